The Morgan fingerprint density at radius 1 is 1.38 bits per heavy atom. The van der Waals surface area contributed by atoms with Gasteiger partial charge >= 0.3 is 6.92 Å². The Hall–Kier alpha value is -0.805. The maximum absolute atomic E-state index is 9.97. The normalized spacial score (nSPS) is 14.6. The van der Waals surface area contributed by atoms with E-state index in [4.69, 9.17) is 10.4 Å². The average Bonchev–Trinajstić information content (AvgIpc) is 2.11. The van der Waals surface area contributed by atoms with Crippen LogP contribution in [0.5, 0.6) is 0 Å². The van der Waals surface area contributed by atoms with Crippen LogP contribution in [0.3, 0.4) is 0 Å². The molecule has 0 spiro atoms. The summed E-state index contributed by atoms with van der Waals surface area (Å²) in [5.41, 5.74) is 4.69. The second-order valence-electron chi connectivity index (χ2n) is 4.88. The van der Waals surface area contributed by atoms with E-state index in [2.05, 4.69) is 4.99 Å². The molecule has 0 aromatic carbocycles. The van der Waals surface area contributed by atoms with E-state index in [9.17, 15) is 5.11 Å². The Balaban J connectivity index is 4.74. The number of aliphatic imine (C=N–C) groups is 1. The van der Waals surface area contributed by atoms with E-state index in [1.54, 1.807) is 27.1 Å². The molecule has 4 nitrogen and oxygen atoms in total. The molecular weight excluding hydrogens is 203 g/mol. The molecule has 16 heavy (non-hydrogen) atoms. The predicted octanol–water partition coefficient (Wildman–Crippen LogP) is 1.26. The minimum absolute atomic E-state index is 0.213. The van der Waals surface area contributed by atoms with Crippen molar-refractivity contribution < 1.29 is 9.76 Å². The smallest absolute Gasteiger partial charge is 0.327 e. The van der Waals surface area contributed by atoms with Gasteiger partial charge in [-0.3, -0.25) is 4.99 Å². The van der Waals surface area contributed by atoms with Crippen LogP contribution in [0.2, 0.25) is 6.82 Å². The van der Waals surface area contributed by atoms with E-state index in [0.29, 0.717) is 0 Å². The summed E-state index contributed by atoms with van der Waals surface area (Å²) < 4.78 is 5.82. The fourth-order valence-corrected chi connectivity index (χ4v) is 1.09. The van der Waals surface area contributed by atoms with Crippen molar-refractivity contribution in [3.63, 3.8) is 0 Å². The van der Waals surface area contributed by atoms with Crippen molar-refractivity contribution in [3.8, 4) is 0 Å². The number of nitrogens with zero attached hydrogens (tertiary/aromatic N) is 1. The average molecular weight is 226 g/mol. The molecule has 0 unspecified atom stereocenters. The fraction of sp³-hybridized carbons (Fsp3) is 0.727. The summed E-state index contributed by atoms with van der Waals surface area (Å²) in [6.45, 7) is 8.81. The van der Waals surface area contributed by atoms with Gasteiger partial charge in [-0.2, -0.15) is 0 Å². The van der Waals surface area contributed by atoms with Gasteiger partial charge in [0.05, 0.1) is 11.2 Å². The van der Waals surface area contributed by atoms with Gasteiger partial charge in [0, 0.05) is 13.3 Å². The van der Waals surface area contributed by atoms with Gasteiger partial charge in [0.1, 0.15) is 0 Å². The van der Waals surface area contributed by atoms with Crippen molar-refractivity contribution in [2.45, 2.75) is 45.7 Å². The summed E-state index contributed by atoms with van der Waals surface area (Å²) in [6.07, 6.45) is 3.13. The van der Waals surface area contributed by atoms with Gasteiger partial charge in [-0.1, -0.05) is 6.82 Å². The Morgan fingerprint density at radius 3 is 2.19 bits per heavy atom. The molecule has 5 heteroatoms. The van der Waals surface area contributed by atoms with Crippen LogP contribution in [0.25, 0.3) is 0 Å². The number of hydrogen-bond acceptors (Lipinski definition) is 4. The fourth-order valence-electron chi connectivity index (χ4n) is 1.09. The maximum atomic E-state index is 9.97. The van der Waals surface area contributed by atoms with E-state index in [-0.39, 0.29) is 6.92 Å². The molecule has 0 amide bonds. The first-order valence-corrected chi connectivity index (χ1v) is 5.40. The van der Waals surface area contributed by atoms with Gasteiger partial charge in [0.2, 0.25) is 0 Å². The summed E-state index contributed by atoms with van der Waals surface area (Å²) in [4.78, 5) is 3.90. The topological polar surface area (TPSA) is 67.8 Å². The first-order valence-electron chi connectivity index (χ1n) is 5.40. The first kappa shape index (κ1) is 15.2. The standard InChI is InChI=1S/C11H23BN2O2/c1-10(2,15)11(3,4)16-12(5)9(7-13)8-14-6/h7-8,15H,13H2,1-6H3. The predicted molar refractivity (Wildman–Crippen MR) is 69.8 cm³/mol. The van der Waals surface area contributed by atoms with Crippen molar-refractivity contribution in [3.05, 3.63) is 11.7 Å². The summed E-state index contributed by atoms with van der Waals surface area (Å²) in [5, 5.41) is 9.97. The molecule has 0 saturated carbocycles. The van der Waals surface area contributed by atoms with Gasteiger partial charge in [0.15, 0.2) is 0 Å². The summed E-state index contributed by atoms with van der Waals surface area (Å²) in [6, 6.07) is 0. The van der Waals surface area contributed by atoms with Crippen LogP contribution in [0.4, 0.5) is 0 Å². The van der Waals surface area contributed by atoms with Crippen molar-refractivity contribution in [1.29, 1.82) is 0 Å². The molecule has 0 heterocycles. The molecule has 0 aromatic rings. The van der Waals surface area contributed by atoms with Crippen molar-refractivity contribution in [2.24, 2.45) is 10.7 Å². The zero-order valence-corrected chi connectivity index (χ0v) is 11.1. The lowest BCUT2D eigenvalue weighted by Crippen LogP contribution is -2.50. The number of hydrogen-bond donors (Lipinski definition) is 2. The molecule has 3 N–H and O–H groups in total. The van der Waals surface area contributed by atoms with Gasteiger partial charge in [-0.15, -0.1) is 0 Å². The van der Waals surface area contributed by atoms with Crippen LogP contribution in [-0.2, 0) is 4.65 Å². The van der Waals surface area contributed by atoms with E-state index in [1.165, 1.54) is 6.20 Å². The molecule has 0 bridgehead atoms. The highest BCUT2D eigenvalue weighted by molar-refractivity contribution is 6.64. The molecule has 0 atom stereocenters. The Morgan fingerprint density at radius 2 is 1.88 bits per heavy atom. The van der Waals surface area contributed by atoms with E-state index >= 15 is 0 Å². The highest BCUT2D eigenvalue weighted by atomic mass is 16.5. The molecule has 0 aromatic heterocycles. The summed E-state index contributed by atoms with van der Waals surface area (Å²) in [5.74, 6) is 0. The number of rotatable bonds is 5. The Labute approximate surface area is 98.7 Å². The molecular formula is C11H23BN2O2. The zero-order valence-electron chi connectivity index (χ0n) is 11.1. The second-order valence-corrected chi connectivity index (χ2v) is 4.88. The molecule has 0 radical (unpaired) electrons. The molecule has 0 rings (SSSR count). The van der Waals surface area contributed by atoms with Crippen LogP contribution in [-0.4, -0.2) is 36.5 Å². The van der Waals surface area contributed by atoms with Crippen molar-refractivity contribution >= 4 is 13.1 Å². The number of aliphatic hydroxyl groups is 1. The van der Waals surface area contributed by atoms with Gasteiger partial charge in [-0.05, 0) is 39.4 Å². The van der Waals surface area contributed by atoms with Crippen LogP contribution in [0.1, 0.15) is 27.7 Å². The number of allylic oxidation sites excluding steroid dienone is 1. The lowest BCUT2D eigenvalue weighted by molar-refractivity contribution is -0.0921. The number of nitrogens with two attached hydrogens (primary N) is 1. The van der Waals surface area contributed by atoms with Crippen LogP contribution < -0.4 is 5.73 Å². The largest absolute Gasteiger partial charge is 0.423 e. The second kappa shape index (κ2) is 5.50. The van der Waals surface area contributed by atoms with Crippen LogP contribution in [0.15, 0.2) is 16.7 Å². The van der Waals surface area contributed by atoms with E-state index in [1.807, 2.05) is 20.7 Å². The van der Waals surface area contributed by atoms with Crippen molar-refractivity contribution in [1.82, 2.24) is 0 Å². The maximum Gasteiger partial charge on any atom is 0.327 e. The Bertz CT molecular complexity index is 280. The third kappa shape index (κ3) is 3.98. The third-order valence-corrected chi connectivity index (χ3v) is 2.88. The molecule has 0 fully saturated rings. The summed E-state index contributed by atoms with van der Waals surface area (Å²) >= 11 is 0. The minimum atomic E-state index is -0.926. The first-order chi connectivity index (χ1) is 7.15. The molecule has 0 aliphatic rings. The quantitative estimate of drug-likeness (QED) is 0.547. The zero-order chi connectivity index (χ0) is 13.0. The molecule has 0 aliphatic heterocycles. The van der Waals surface area contributed by atoms with Crippen molar-refractivity contribution in [2.75, 3.05) is 7.05 Å². The third-order valence-electron chi connectivity index (χ3n) is 2.88. The van der Waals surface area contributed by atoms with Gasteiger partial charge < -0.3 is 15.5 Å². The lowest BCUT2D eigenvalue weighted by Gasteiger charge is -2.39. The van der Waals surface area contributed by atoms with Gasteiger partial charge in [0.25, 0.3) is 0 Å². The van der Waals surface area contributed by atoms with Gasteiger partial charge in [-0.25, -0.2) is 0 Å². The van der Waals surface area contributed by atoms with E-state index < -0.39 is 11.2 Å². The van der Waals surface area contributed by atoms with E-state index in [0.717, 1.165) is 5.47 Å². The minimum Gasteiger partial charge on any atom is -0.423 e. The monoisotopic (exact) mass is 226 g/mol. The van der Waals surface area contributed by atoms with Crippen LogP contribution in [0, 0.1) is 0 Å². The highest BCUT2D eigenvalue weighted by Crippen LogP contribution is 2.26. The molecule has 92 valence electrons. The highest BCUT2D eigenvalue weighted by Gasteiger charge is 2.38. The lowest BCUT2D eigenvalue weighted by atomic mass is 9.62. The SMILES string of the molecule is CN=CC(=CN)B(C)OC(C)(C)C(C)(C)O. The Kier molecular flexibility index (Phi) is 5.22. The van der Waals surface area contributed by atoms with Crippen LogP contribution >= 0.6 is 0 Å². The molecule has 0 saturated heterocycles. The molecule has 0 aliphatic carbocycles. The summed E-state index contributed by atoms with van der Waals surface area (Å²) in [7, 11) is 1.68.